The number of esters is 3. The molecule has 0 radical (unpaired) electrons. The molecule has 0 aliphatic carbocycles. The highest BCUT2D eigenvalue weighted by atomic mass is 16.6. The average Bonchev–Trinajstić information content (AvgIpc) is 3.20. The van der Waals surface area contributed by atoms with Gasteiger partial charge in [-0.05, 0) is 95.9 Å². The van der Waals surface area contributed by atoms with Gasteiger partial charge in [-0.3, -0.25) is 9.59 Å². The quantitative estimate of drug-likeness (QED) is 0.0343. The molecule has 0 unspecified atom stereocenters. The Kier molecular flexibility index (Phi) is 36.1. The minimum absolute atomic E-state index is 0.0353. The fraction of sp³-hybridized carbons (Fsp3) is 0.939. The van der Waals surface area contributed by atoms with Crippen LogP contribution in [-0.4, -0.2) is 75.0 Å². The van der Waals surface area contributed by atoms with Gasteiger partial charge < -0.3 is 23.8 Å². The third-order valence-electron chi connectivity index (χ3n) is 12.0. The van der Waals surface area contributed by atoms with Crippen molar-refractivity contribution < 1.29 is 33.3 Å². The summed E-state index contributed by atoms with van der Waals surface area (Å²) in [7, 11) is 2.12. The van der Waals surface area contributed by atoms with Gasteiger partial charge in [-0.15, -0.1) is 0 Å². The zero-order chi connectivity index (χ0) is 41.6. The van der Waals surface area contributed by atoms with E-state index in [0.29, 0.717) is 37.9 Å². The molecule has 0 N–H and O–H groups in total. The van der Waals surface area contributed by atoms with E-state index in [1.165, 1.54) is 103 Å². The van der Waals surface area contributed by atoms with Crippen molar-refractivity contribution in [1.82, 2.24) is 4.90 Å². The van der Waals surface area contributed by atoms with E-state index in [0.717, 1.165) is 103 Å². The van der Waals surface area contributed by atoms with E-state index in [1.54, 1.807) is 0 Å². The van der Waals surface area contributed by atoms with Crippen molar-refractivity contribution in [3.05, 3.63) is 0 Å². The van der Waals surface area contributed by atoms with E-state index >= 15 is 0 Å². The van der Waals surface area contributed by atoms with E-state index in [2.05, 4.69) is 39.6 Å². The first-order valence-electron chi connectivity index (χ1n) is 24.6. The van der Waals surface area contributed by atoms with Crippen LogP contribution in [0.3, 0.4) is 0 Å². The van der Waals surface area contributed by atoms with Crippen LogP contribution in [0.4, 0.5) is 0 Å². The van der Waals surface area contributed by atoms with Gasteiger partial charge in [0.25, 0.3) is 0 Å². The smallest absolute Gasteiger partial charge is 0.332 e. The van der Waals surface area contributed by atoms with Crippen LogP contribution in [0.2, 0.25) is 0 Å². The van der Waals surface area contributed by atoms with Crippen molar-refractivity contribution >= 4 is 17.9 Å². The third-order valence-corrected chi connectivity index (χ3v) is 12.0. The fourth-order valence-electron chi connectivity index (χ4n) is 8.08. The Morgan fingerprint density at radius 2 is 0.860 bits per heavy atom. The molecule has 0 bridgehead atoms. The molecule has 336 valence electrons. The molecule has 0 aromatic heterocycles. The van der Waals surface area contributed by atoms with Gasteiger partial charge in [-0.1, -0.05) is 143 Å². The third kappa shape index (κ3) is 32.8. The van der Waals surface area contributed by atoms with Crippen LogP contribution in [0.15, 0.2) is 0 Å². The second kappa shape index (κ2) is 38.5. The zero-order valence-corrected chi connectivity index (χ0v) is 38.3. The maximum absolute atomic E-state index is 12.8. The normalized spacial score (nSPS) is 13.9. The minimum Gasteiger partial charge on any atom is -0.465 e. The summed E-state index contributed by atoms with van der Waals surface area (Å²) in [5.74, 6) is 0.689. The number of likely N-dealkylation sites (tertiary alicyclic amines) is 1. The molecule has 1 rings (SSSR count). The average molecular weight is 808 g/mol. The first kappa shape index (κ1) is 53.3. The first-order valence-corrected chi connectivity index (χ1v) is 24.6. The van der Waals surface area contributed by atoms with Gasteiger partial charge in [-0.25, -0.2) is 4.79 Å². The van der Waals surface area contributed by atoms with Gasteiger partial charge >= 0.3 is 17.9 Å². The van der Waals surface area contributed by atoms with Crippen molar-refractivity contribution in [2.75, 3.05) is 40.0 Å². The Morgan fingerprint density at radius 1 is 0.491 bits per heavy atom. The van der Waals surface area contributed by atoms with E-state index < -0.39 is 0 Å². The van der Waals surface area contributed by atoms with Crippen LogP contribution in [0.25, 0.3) is 0 Å². The Hall–Kier alpha value is -1.67. The van der Waals surface area contributed by atoms with Gasteiger partial charge in [0.1, 0.15) is 12.7 Å². The first-order chi connectivity index (χ1) is 27.8. The lowest BCUT2D eigenvalue weighted by Crippen LogP contribution is -2.35. The lowest BCUT2D eigenvalue weighted by atomic mass is 9.96. The van der Waals surface area contributed by atoms with E-state index in [-0.39, 0.29) is 36.7 Å². The Balaban J connectivity index is 2.37. The van der Waals surface area contributed by atoms with Gasteiger partial charge in [0.15, 0.2) is 0 Å². The van der Waals surface area contributed by atoms with Crippen molar-refractivity contribution in [2.45, 2.75) is 245 Å². The monoisotopic (exact) mass is 808 g/mol. The van der Waals surface area contributed by atoms with Gasteiger partial charge in [-0.2, -0.15) is 0 Å². The summed E-state index contributed by atoms with van der Waals surface area (Å²) in [6.07, 6.45) is 34.3. The number of unbranched alkanes of at least 4 members (excludes halogenated alkanes) is 16. The highest BCUT2D eigenvalue weighted by molar-refractivity contribution is 5.71. The molecule has 0 aromatic rings. The van der Waals surface area contributed by atoms with Crippen LogP contribution in [0.5, 0.6) is 0 Å². The number of ether oxygens (including phenoxy) is 4. The molecule has 1 aliphatic heterocycles. The van der Waals surface area contributed by atoms with Crippen molar-refractivity contribution in [3.8, 4) is 0 Å². The molecule has 57 heavy (non-hydrogen) atoms. The number of rotatable bonds is 40. The van der Waals surface area contributed by atoms with Crippen LogP contribution in [0, 0.1) is 11.8 Å². The van der Waals surface area contributed by atoms with E-state index in [4.69, 9.17) is 18.9 Å². The van der Waals surface area contributed by atoms with Crippen molar-refractivity contribution in [2.24, 2.45) is 11.8 Å². The molecule has 0 atom stereocenters. The minimum atomic E-state index is -0.244. The van der Waals surface area contributed by atoms with Crippen LogP contribution >= 0.6 is 0 Å². The lowest BCUT2D eigenvalue weighted by Gasteiger charge is -2.28. The molecule has 0 saturated carbocycles. The summed E-state index contributed by atoms with van der Waals surface area (Å²) in [6, 6.07) is 0. The molecule has 0 spiro atoms. The van der Waals surface area contributed by atoms with Gasteiger partial charge in [0.2, 0.25) is 0 Å². The summed E-state index contributed by atoms with van der Waals surface area (Å²) in [6.45, 7) is 12.2. The van der Waals surface area contributed by atoms with Crippen LogP contribution in [0.1, 0.15) is 233 Å². The predicted molar refractivity (Wildman–Crippen MR) is 236 cm³/mol. The molecule has 0 amide bonds. The largest absolute Gasteiger partial charge is 0.465 e. The maximum Gasteiger partial charge on any atom is 0.332 e. The summed E-state index contributed by atoms with van der Waals surface area (Å²) in [4.78, 5) is 40.1. The van der Waals surface area contributed by atoms with Crippen molar-refractivity contribution in [3.63, 3.8) is 0 Å². The number of carbonyl (C=O) groups excluding carboxylic acids is 3. The number of hydrogen-bond acceptors (Lipinski definition) is 8. The molecular weight excluding hydrogens is 715 g/mol. The number of hydrogen-bond donors (Lipinski definition) is 0. The highest BCUT2D eigenvalue weighted by Gasteiger charge is 2.21. The molecule has 1 aliphatic rings. The standard InChI is InChI=1S/C49H93NO7/c1-6-10-20-28-43(29-21-11-7-2)40-55-47(51)34-26-18-14-16-24-32-46(57-49(53)42-54-45-36-38-50(5)39-37-45)33-25-17-15-19-27-35-48(52)56-41-44(30-22-12-8-3)31-23-13-9-4/h43-46H,6-42H2,1-5H3. The Labute approximate surface area is 352 Å². The fourth-order valence-corrected chi connectivity index (χ4v) is 8.08. The number of carbonyl (C=O) groups is 3. The molecule has 8 nitrogen and oxygen atoms in total. The molecule has 1 saturated heterocycles. The Bertz CT molecular complexity index is 863. The Morgan fingerprint density at radius 3 is 1.26 bits per heavy atom. The van der Waals surface area contributed by atoms with Crippen molar-refractivity contribution in [1.29, 1.82) is 0 Å². The van der Waals surface area contributed by atoms with Gasteiger partial charge in [0, 0.05) is 25.9 Å². The van der Waals surface area contributed by atoms with Crippen LogP contribution < -0.4 is 0 Å². The molecule has 0 aromatic carbocycles. The van der Waals surface area contributed by atoms with Crippen LogP contribution in [-0.2, 0) is 33.3 Å². The zero-order valence-electron chi connectivity index (χ0n) is 38.3. The maximum atomic E-state index is 12.8. The highest BCUT2D eigenvalue weighted by Crippen LogP contribution is 2.22. The summed E-state index contributed by atoms with van der Waals surface area (Å²) >= 11 is 0. The van der Waals surface area contributed by atoms with E-state index in [1.807, 2.05) is 0 Å². The second-order valence-corrected chi connectivity index (χ2v) is 17.6. The molecular formula is C49H93NO7. The number of nitrogens with zero attached hydrogens (tertiary/aromatic N) is 1. The SMILES string of the molecule is CCCCCC(CCCCC)COC(=O)CCCCCCCC(CCCCCCCC(=O)OCC(CCCCC)CCCCC)OC(=O)COC1CCN(C)CC1. The lowest BCUT2D eigenvalue weighted by molar-refractivity contribution is -0.158. The van der Waals surface area contributed by atoms with Gasteiger partial charge in [0.05, 0.1) is 19.3 Å². The summed E-state index contributed by atoms with van der Waals surface area (Å²) in [5, 5.41) is 0. The second-order valence-electron chi connectivity index (χ2n) is 17.6. The summed E-state index contributed by atoms with van der Waals surface area (Å²) < 4.78 is 23.4. The topological polar surface area (TPSA) is 91.4 Å². The predicted octanol–water partition coefficient (Wildman–Crippen LogP) is 13.1. The summed E-state index contributed by atoms with van der Waals surface area (Å²) in [5.41, 5.74) is 0. The molecule has 1 heterocycles. The molecule has 8 heteroatoms. The molecule has 1 fully saturated rings. The number of piperidine rings is 1. The van der Waals surface area contributed by atoms with E-state index in [9.17, 15) is 14.4 Å².